The van der Waals surface area contributed by atoms with E-state index in [1.54, 1.807) is 6.20 Å². The molecule has 0 radical (unpaired) electrons. The lowest BCUT2D eigenvalue weighted by Gasteiger charge is -2.19. The zero-order valence-corrected chi connectivity index (χ0v) is 10.8. The number of nitrogens with zero attached hydrogens (tertiary/aromatic N) is 2. The Morgan fingerprint density at radius 2 is 2.24 bits per heavy atom. The molecule has 0 fully saturated rings. The molecule has 0 amide bonds. The summed E-state index contributed by atoms with van der Waals surface area (Å²) < 4.78 is 5.43. The summed E-state index contributed by atoms with van der Waals surface area (Å²) >= 11 is 0. The number of nitrogens with two attached hydrogens (primary N) is 1. The largest absolute Gasteiger partial charge is 0.492 e. The number of aromatic nitrogens is 1. The van der Waals surface area contributed by atoms with Crippen LogP contribution in [-0.4, -0.2) is 37.1 Å². The van der Waals surface area contributed by atoms with Gasteiger partial charge in [-0.1, -0.05) is 0 Å². The van der Waals surface area contributed by atoms with Gasteiger partial charge in [0.1, 0.15) is 5.75 Å². The van der Waals surface area contributed by atoms with Crippen molar-refractivity contribution >= 4 is 0 Å². The average molecular weight is 238 g/mol. The summed E-state index contributed by atoms with van der Waals surface area (Å²) in [6, 6.07) is 2.08. The van der Waals surface area contributed by atoms with E-state index in [1.807, 2.05) is 33.3 Å². The van der Waals surface area contributed by atoms with Gasteiger partial charge in [0.15, 0.2) is 0 Å². The Bertz CT molecular complexity index is 330. The molecule has 0 spiro atoms. The van der Waals surface area contributed by atoms with Gasteiger partial charge in [0.2, 0.25) is 0 Å². The molecule has 96 valence electrons. The molecule has 17 heavy (non-hydrogen) atoms. The normalized spacial score (nSPS) is 12.8. The van der Waals surface area contributed by atoms with Gasteiger partial charge in [0.25, 0.3) is 0 Å². The Balaban J connectivity index is 2.69. The summed E-state index contributed by atoms with van der Waals surface area (Å²) in [7, 11) is 4.09. The summed E-state index contributed by atoms with van der Waals surface area (Å²) in [6.07, 6.45) is 4.47. The van der Waals surface area contributed by atoms with E-state index in [0.29, 0.717) is 6.61 Å². The lowest BCUT2D eigenvalue weighted by atomic mass is 10.1. The summed E-state index contributed by atoms with van der Waals surface area (Å²) in [6.45, 7) is 3.56. The van der Waals surface area contributed by atoms with E-state index in [0.717, 1.165) is 24.3 Å². The van der Waals surface area contributed by atoms with Crippen LogP contribution in [0.3, 0.4) is 0 Å². The molecule has 5 nitrogen and oxygen atoms in total. The maximum absolute atomic E-state index is 5.58. The third kappa shape index (κ3) is 4.68. The lowest BCUT2D eigenvalue weighted by molar-refractivity contribution is 0.336. The van der Waals surface area contributed by atoms with Gasteiger partial charge in [-0.3, -0.25) is 16.3 Å². The number of ether oxygens (including phenoxy) is 1. The highest BCUT2D eigenvalue weighted by atomic mass is 16.5. The topological polar surface area (TPSA) is 63.4 Å². The van der Waals surface area contributed by atoms with Crippen molar-refractivity contribution in [1.29, 1.82) is 0 Å². The third-order valence-electron chi connectivity index (χ3n) is 2.51. The molecule has 0 saturated carbocycles. The van der Waals surface area contributed by atoms with Crippen LogP contribution in [0.2, 0.25) is 0 Å². The van der Waals surface area contributed by atoms with E-state index in [-0.39, 0.29) is 6.04 Å². The summed E-state index contributed by atoms with van der Waals surface area (Å²) in [4.78, 5) is 6.29. The van der Waals surface area contributed by atoms with Crippen molar-refractivity contribution in [3.63, 3.8) is 0 Å². The Morgan fingerprint density at radius 3 is 2.82 bits per heavy atom. The Labute approximate surface area is 103 Å². The highest BCUT2D eigenvalue weighted by molar-refractivity contribution is 5.25. The van der Waals surface area contributed by atoms with Crippen molar-refractivity contribution in [3.8, 4) is 5.75 Å². The van der Waals surface area contributed by atoms with Crippen LogP contribution in [0.5, 0.6) is 5.75 Å². The predicted octanol–water partition coefficient (Wildman–Crippen LogP) is 0.936. The zero-order valence-electron chi connectivity index (χ0n) is 10.8. The van der Waals surface area contributed by atoms with Gasteiger partial charge in [-0.25, -0.2) is 0 Å². The molecule has 0 aliphatic heterocycles. The van der Waals surface area contributed by atoms with Crippen molar-refractivity contribution in [2.75, 3.05) is 27.2 Å². The lowest BCUT2D eigenvalue weighted by Crippen LogP contribution is -2.30. The highest BCUT2D eigenvalue weighted by Gasteiger charge is 2.11. The van der Waals surface area contributed by atoms with Gasteiger partial charge in [-0.15, -0.1) is 0 Å². The van der Waals surface area contributed by atoms with E-state index in [4.69, 9.17) is 10.6 Å². The van der Waals surface area contributed by atoms with Crippen molar-refractivity contribution in [2.24, 2.45) is 5.84 Å². The van der Waals surface area contributed by atoms with Crippen LogP contribution < -0.4 is 16.0 Å². The van der Waals surface area contributed by atoms with Crippen LogP contribution >= 0.6 is 0 Å². The SMILES string of the molecule is CCOc1cncc(C(CCN(C)C)NN)c1. The van der Waals surface area contributed by atoms with E-state index >= 15 is 0 Å². The predicted molar refractivity (Wildman–Crippen MR) is 68.6 cm³/mol. The smallest absolute Gasteiger partial charge is 0.137 e. The number of pyridine rings is 1. The molecular weight excluding hydrogens is 216 g/mol. The number of hydrogen-bond donors (Lipinski definition) is 2. The molecule has 1 rings (SSSR count). The number of nitrogens with one attached hydrogen (secondary N) is 1. The van der Waals surface area contributed by atoms with Crippen LogP contribution in [-0.2, 0) is 0 Å². The molecule has 0 aliphatic carbocycles. The molecule has 1 atom stereocenters. The fourth-order valence-corrected chi connectivity index (χ4v) is 1.61. The maximum atomic E-state index is 5.58. The Hall–Kier alpha value is -1.17. The van der Waals surface area contributed by atoms with Crippen molar-refractivity contribution in [2.45, 2.75) is 19.4 Å². The fourth-order valence-electron chi connectivity index (χ4n) is 1.61. The zero-order chi connectivity index (χ0) is 12.7. The minimum Gasteiger partial charge on any atom is -0.492 e. The van der Waals surface area contributed by atoms with Crippen molar-refractivity contribution < 1.29 is 4.74 Å². The standard InChI is InChI=1S/C12H22N4O/c1-4-17-11-7-10(8-14-9-11)12(15-13)5-6-16(2)3/h7-9,12,15H,4-6,13H2,1-3H3. The molecule has 0 aliphatic rings. The highest BCUT2D eigenvalue weighted by Crippen LogP contribution is 2.19. The maximum Gasteiger partial charge on any atom is 0.137 e. The molecule has 1 aromatic heterocycles. The van der Waals surface area contributed by atoms with E-state index < -0.39 is 0 Å². The average Bonchev–Trinajstić information content (AvgIpc) is 2.30. The fraction of sp³-hybridized carbons (Fsp3) is 0.583. The van der Waals surface area contributed by atoms with Gasteiger partial charge in [0, 0.05) is 12.2 Å². The van der Waals surface area contributed by atoms with Crippen LogP contribution in [0.25, 0.3) is 0 Å². The molecular formula is C12H22N4O. The monoisotopic (exact) mass is 238 g/mol. The molecule has 0 bridgehead atoms. The molecule has 3 N–H and O–H groups in total. The number of hydrogen-bond acceptors (Lipinski definition) is 5. The summed E-state index contributed by atoms with van der Waals surface area (Å²) in [5.74, 6) is 6.37. The third-order valence-corrected chi connectivity index (χ3v) is 2.51. The Kier molecular flexibility index (Phi) is 5.90. The van der Waals surface area contributed by atoms with Gasteiger partial charge in [0.05, 0.1) is 12.8 Å². The van der Waals surface area contributed by atoms with Gasteiger partial charge in [-0.2, -0.15) is 0 Å². The quantitative estimate of drug-likeness (QED) is 0.546. The first-order valence-corrected chi connectivity index (χ1v) is 5.86. The first-order chi connectivity index (χ1) is 8.17. The minimum atomic E-state index is 0.102. The second-order valence-electron chi connectivity index (χ2n) is 4.20. The summed E-state index contributed by atoms with van der Waals surface area (Å²) in [5, 5.41) is 0. The van der Waals surface area contributed by atoms with E-state index in [1.165, 1.54) is 0 Å². The van der Waals surface area contributed by atoms with Gasteiger partial charge < -0.3 is 9.64 Å². The first-order valence-electron chi connectivity index (χ1n) is 5.86. The second-order valence-corrected chi connectivity index (χ2v) is 4.20. The second kappa shape index (κ2) is 7.21. The van der Waals surface area contributed by atoms with E-state index in [9.17, 15) is 0 Å². The van der Waals surface area contributed by atoms with Gasteiger partial charge in [-0.05, 0) is 45.6 Å². The molecule has 1 unspecified atom stereocenters. The number of rotatable bonds is 7. The molecule has 0 aromatic carbocycles. The van der Waals surface area contributed by atoms with Crippen molar-refractivity contribution in [1.82, 2.24) is 15.3 Å². The molecule has 0 saturated heterocycles. The first kappa shape index (κ1) is 13.9. The van der Waals surface area contributed by atoms with Crippen LogP contribution in [0.15, 0.2) is 18.5 Å². The van der Waals surface area contributed by atoms with E-state index in [2.05, 4.69) is 15.3 Å². The van der Waals surface area contributed by atoms with Gasteiger partial charge >= 0.3 is 0 Å². The number of hydrazine groups is 1. The Morgan fingerprint density at radius 1 is 1.47 bits per heavy atom. The molecule has 1 aromatic rings. The van der Waals surface area contributed by atoms with Crippen molar-refractivity contribution in [3.05, 3.63) is 24.0 Å². The molecule has 5 heteroatoms. The molecule has 1 heterocycles. The summed E-state index contributed by atoms with van der Waals surface area (Å²) in [5.41, 5.74) is 3.88. The minimum absolute atomic E-state index is 0.102. The van der Waals surface area contributed by atoms with Crippen LogP contribution in [0.4, 0.5) is 0 Å². The van der Waals surface area contributed by atoms with Crippen LogP contribution in [0, 0.1) is 0 Å². The van der Waals surface area contributed by atoms with Crippen LogP contribution in [0.1, 0.15) is 24.9 Å².